The minimum atomic E-state index is -0.358. The van der Waals surface area contributed by atoms with Crippen LogP contribution in [0.3, 0.4) is 0 Å². The molecule has 2 heterocycles. The first-order valence-corrected chi connectivity index (χ1v) is 6.53. The summed E-state index contributed by atoms with van der Waals surface area (Å²) >= 11 is 0. The number of nitriles is 1. The molecule has 0 saturated heterocycles. The standard InChI is InChI=1S/C15H11N5O2/c1-10-2-4-11(5-3-10)14-17-15(22-19-14)12-6-7-13(21)20(18-12)9-8-16/h2-7H,9H2,1H3. The summed E-state index contributed by atoms with van der Waals surface area (Å²) in [6.07, 6.45) is 0. The average molecular weight is 293 g/mol. The molecule has 22 heavy (non-hydrogen) atoms. The van der Waals surface area contributed by atoms with Gasteiger partial charge in [-0.3, -0.25) is 4.79 Å². The molecule has 0 aliphatic carbocycles. The molecule has 0 aliphatic rings. The Labute approximate surface area is 125 Å². The van der Waals surface area contributed by atoms with Gasteiger partial charge in [0.05, 0.1) is 6.07 Å². The molecular formula is C15H11N5O2. The van der Waals surface area contributed by atoms with Crippen molar-refractivity contribution in [1.29, 1.82) is 5.26 Å². The van der Waals surface area contributed by atoms with E-state index in [1.54, 1.807) is 0 Å². The molecule has 0 saturated carbocycles. The topological polar surface area (TPSA) is 97.6 Å². The summed E-state index contributed by atoms with van der Waals surface area (Å²) in [5.41, 5.74) is 1.95. The van der Waals surface area contributed by atoms with Crippen molar-refractivity contribution in [3.63, 3.8) is 0 Å². The van der Waals surface area contributed by atoms with Crippen molar-refractivity contribution in [2.24, 2.45) is 0 Å². The number of nitrogens with zero attached hydrogens (tertiary/aromatic N) is 5. The van der Waals surface area contributed by atoms with E-state index in [2.05, 4.69) is 15.2 Å². The molecule has 0 bridgehead atoms. The summed E-state index contributed by atoms with van der Waals surface area (Å²) in [7, 11) is 0. The van der Waals surface area contributed by atoms with E-state index in [0.29, 0.717) is 11.5 Å². The number of benzene rings is 1. The van der Waals surface area contributed by atoms with E-state index in [1.807, 2.05) is 37.3 Å². The molecule has 0 atom stereocenters. The third-order valence-electron chi connectivity index (χ3n) is 3.04. The van der Waals surface area contributed by atoms with Crippen LogP contribution in [0.15, 0.2) is 45.7 Å². The van der Waals surface area contributed by atoms with Gasteiger partial charge in [-0.15, -0.1) is 0 Å². The SMILES string of the molecule is Cc1ccc(-c2noc(-c3ccc(=O)n(CC#N)n3)n2)cc1. The highest BCUT2D eigenvalue weighted by Crippen LogP contribution is 2.20. The van der Waals surface area contributed by atoms with E-state index in [-0.39, 0.29) is 18.0 Å². The van der Waals surface area contributed by atoms with Crippen LogP contribution in [0.5, 0.6) is 0 Å². The fourth-order valence-corrected chi connectivity index (χ4v) is 1.89. The molecule has 3 rings (SSSR count). The number of aryl methyl sites for hydroxylation is 1. The van der Waals surface area contributed by atoms with Crippen LogP contribution in [0, 0.1) is 18.3 Å². The first-order chi connectivity index (χ1) is 10.7. The Morgan fingerprint density at radius 1 is 1.23 bits per heavy atom. The van der Waals surface area contributed by atoms with Crippen molar-refractivity contribution in [1.82, 2.24) is 19.9 Å². The molecular weight excluding hydrogens is 282 g/mol. The van der Waals surface area contributed by atoms with Gasteiger partial charge < -0.3 is 4.52 Å². The number of aromatic nitrogens is 4. The van der Waals surface area contributed by atoms with Crippen LogP contribution in [0.2, 0.25) is 0 Å². The third kappa shape index (κ3) is 2.62. The van der Waals surface area contributed by atoms with E-state index in [9.17, 15) is 4.79 Å². The summed E-state index contributed by atoms with van der Waals surface area (Å²) in [6, 6.07) is 12.4. The summed E-state index contributed by atoms with van der Waals surface area (Å²) < 4.78 is 6.23. The molecule has 108 valence electrons. The average Bonchev–Trinajstić information content (AvgIpc) is 3.00. The van der Waals surface area contributed by atoms with Crippen molar-refractivity contribution in [3.05, 3.63) is 52.3 Å². The zero-order valence-corrected chi connectivity index (χ0v) is 11.7. The Morgan fingerprint density at radius 2 is 2.00 bits per heavy atom. The van der Waals surface area contributed by atoms with Crippen molar-refractivity contribution in [2.45, 2.75) is 13.5 Å². The molecule has 3 aromatic rings. The molecule has 2 aromatic heterocycles. The lowest BCUT2D eigenvalue weighted by Crippen LogP contribution is -2.21. The Balaban J connectivity index is 1.97. The van der Waals surface area contributed by atoms with Crippen molar-refractivity contribution in [2.75, 3.05) is 0 Å². The van der Waals surface area contributed by atoms with Gasteiger partial charge in [0, 0.05) is 11.6 Å². The zero-order chi connectivity index (χ0) is 15.5. The van der Waals surface area contributed by atoms with Gasteiger partial charge in [0.2, 0.25) is 5.82 Å². The highest BCUT2D eigenvalue weighted by Gasteiger charge is 2.13. The fraction of sp³-hybridized carbons (Fsp3) is 0.133. The predicted molar refractivity (Wildman–Crippen MR) is 77.6 cm³/mol. The Hall–Kier alpha value is -3.27. The van der Waals surface area contributed by atoms with E-state index in [1.165, 1.54) is 12.1 Å². The first-order valence-electron chi connectivity index (χ1n) is 6.53. The second-order valence-electron chi connectivity index (χ2n) is 4.66. The Bertz CT molecular complexity index is 903. The van der Waals surface area contributed by atoms with Gasteiger partial charge in [-0.05, 0) is 13.0 Å². The maximum atomic E-state index is 11.5. The second kappa shape index (κ2) is 5.61. The maximum absolute atomic E-state index is 11.5. The van der Waals surface area contributed by atoms with Crippen LogP contribution in [-0.2, 0) is 6.54 Å². The minimum absolute atomic E-state index is 0.133. The highest BCUT2D eigenvalue weighted by molar-refractivity contribution is 5.57. The molecule has 0 amide bonds. The van der Waals surface area contributed by atoms with Crippen molar-refractivity contribution < 1.29 is 4.52 Å². The van der Waals surface area contributed by atoms with Gasteiger partial charge in [0.15, 0.2) is 0 Å². The van der Waals surface area contributed by atoms with Crippen molar-refractivity contribution in [3.8, 4) is 29.0 Å². The summed E-state index contributed by atoms with van der Waals surface area (Å²) in [4.78, 5) is 15.8. The van der Waals surface area contributed by atoms with Gasteiger partial charge in [-0.25, -0.2) is 4.68 Å². The molecule has 7 nitrogen and oxygen atoms in total. The molecule has 1 aromatic carbocycles. The Kier molecular flexibility index (Phi) is 3.50. The minimum Gasteiger partial charge on any atom is -0.332 e. The van der Waals surface area contributed by atoms with Gasteiger partial charge in [0.1, 0.15) is 12.2 Å². The number of rotatable bonds is 3. The molecule has 0 spiro atoms. The van der Waals surface area contributed by atoms with Crippen LogP contribution in [-0.4, -0.2) is 19.9 Å². The first kappa shape index (κ1) is 13.7. The summed E-state index contributed by atoms with van der Waals surface area (Å²) in [5, 5.41) is 16.6. The van der Waals surface area contributed by atoms with Gasteiger partial charge in [-0.2, -0.15) is 15.3 Å². The molecule has 0 aliphatic heterocycles. The normalized spacial score (nSPS) is 10.4. The lowest BCUT2D eigenvalue weighted by molar-refractivity contribution is 0.429. The molecule has 0 unspecified atom stereocenters. The molecule has 7 heteroatoms. The van der Waals surface area contributed by atoms with Crippen molar-refractivity contribution >= 4 is 0 Å². The number of hydrogen-bond acceptors (Lipinski definition) is 6. The third-order valence-corrected chi connectivity index (χ3v) is 3.04. The Morgan fingerprint density at radius 3 is 2.73 bits per heavy atom. The van der Waals surface area contributed by atoms with Crippen LogP contribution >= 0.6 is 0 Å². The lowest BCUT2D eigenvalue weighted by Gasteiger charge is -1.99. The monoisotopic (exact) mass is 293 g/mol. The van der Waals surface area contributed by atoms with E-state index in [0.717, 1.165) is 15.8 Å². The molecule has 0 N–H and O–H groups in total. The molecule has 0 radical (unpaired) electrons. The molecule has 0 fully saturated rings. The quantitative estimate of drug-likeness (QED) is 0.730. The summed E-state index contributed by atoms with van der Waals surface area (Å²) in [6.45, 7) is 1.86. The fourth-order valence-electron chi connectivity index (χ4n) is 1.89. The predicted octanol–water partition coefficient (Wildman–Crippen LogP) is 1.79. The van der Waals surface area contributed by atoms with E-state index < -0.39 is 0 Å². The highest BCUT2D eigenvalue weighted by atomic mass is 16.5. The van der Waals surface area contributed by atoms with E-state index >= 15 is 0 Å². The van der Waals surface area contributed by atoms with Gasteiger partial charge in [0.25, 0.3) is 11.4 Å². The largest absolute Gasteiger partial charge is 0.332 e. The smallest absolute Gasteiger partial charge is 0.278 e. The van der Waals surface area contributed by atoms with Crippen LogP contribution < -0.4 is 5.56 Å². The number of hydrogen-bond donors (Lipinski definition) is 0. The van der Waals surface area contributed by atoms with Gasteiger partial charge >= 0.3 is 0 Å². The second-order valence-corrected chi connectivity index (χ2v) is 4.66. The zero-order valence-electron chi connectivity index (χ0n) is 11.7. The van der Waals surface area contributed by atoms with Gasteiger partial charge in [-0.1, -0.05) is 35.0 Å². The summed E-state index contributed by atoms with van der Waals surface area (Å²) in [5.74, 6) is 0.636. The van der Waals surface area contributed by atoms with Crippen LogP contribution in [0.25, 0.3) is 23.0 Å². The lowest BCUT2D eigenvalue weighted by atomic mass is 10.1. The van der Waals surface area contributed by atoms with Crippen LogP contribution in [0.1, 0.15) is 5.56 Å². The maximum Gasteiger partial charge on any atom is 0.278 e. The van der Waals surface area contributed by atoms with Crippen LogP contribution in [0.4, 0.5) is 0 Å². The van der Waals surface area contributed by atoms with E-state index in [4.69, 9.17) is 9.78 Å².